The number of hydrogen-bond acceptors (Lipinski definition) is 4. The highest BCUT2D eigenvalue weighted by molar-refractivity contribution is 7.99. The van der Waals surface area contributed by atoms with E-state index in [1.807, 2.05) is 18.2 Å². The second-order valence-corrected chi connectivity index (χ2v) is 6.67. The van der Waals surface area contributed by atoms with Crippen LogP contribution in [0.2, 0.25) is 5.02 Å². The van der Waals surface area contributed by atoms with Crippen molar-refractivity contribution >= 4 is 23.4 Å². The van der Waals surface area contributed by atoms with Gasteiger partial charge in [-0.3, -0.25) is 4.79 Å². The number of H-pyrrole nitrogens is 1. The number of hydrogen-bond donors (Lipinski definition) is 2. The molecule has 21 heavy (non-hydrogen) atoms. The monoisotopic (exact) mass is 321 g/mol. The first-order valence-electron chi connectivity index (χ1n) is 6.88. The molecule has 0 aliphatic heterocycles. The van der Waals surface area contributed by atoms with Gasteiger partial charge < -0.3 is 10.3 Å². The van der Waals surface area contributed by atoms with Crippen molar-refractivity contribution < 1.29 is 0 Å². The maximum Gasteiger partial charge on any atom is 0.251 e. The van der Waals surface area contributed by atoms with E-state index in [0.717, 1.165) is 22.0 Å². The zero-order valence-corrected chi connectivity index (χ0v) is 13.2. The standard InChI is InChI=1S/C15H16ClN3OS/c1-9-6-14(20)19-15(18-9)21-12-5-2-10(13(16)7-12)8-17-11-3-4-11/h2,5-7,11,17H,3-4,8H2,1H3,(H,18,19,20). The van der Waals surface area contributed by atoms with Crippen LogP contribution in [0.1, 0.15) is 24.1 Å². The molecule has 0 radical (unpaired) electrons. The molecule has 1 heterocycles. The summed E-state index contributed by atoms with van der Waals surface area (Å²) < 4.78 is 0. The lowest BCUT2D eigenvalue weighted by molar-refractivity contribution is 0.687. The Kier molecular flexibility index (Phi) is 4.33. The van der Waals surface area contributed by atoms with E-state index in [9.17, 15) is 4.79 Å². The maximum absolute atomic E-state index is 11.4. The van der Waals surface area contributed by atoms with Crippen molar-refractivity contribution in [2.45, 2.75) is 42.4 Å². The summed E-state index contributed by atoms with van der Waals surface area (Å²) in [4.78, 5) is 19.4. The topological polar surface area (TPSA) is 57.8 Å². The van der Waals surface area contributed by atoms with Crippen LogP contribution >= 0.6 is 23.4 Å². The van der Waals surface area contributed by atoms with Crippen LogP contribution in [0.15, 0.2) is 39.1 Å². The number of aromatic nitrogens is 2. The molecular formula is C15H16ClN3OS. The predicted octanol–water partition coefficient (Wildman–Crippen LogP) is 3.13. The Morgan fingerprint density at radius 1 is 1.43 bits per heavy atom. The van der Waals surface area contributed by atoms with Crippen LogP contribution in [0.25, 0.3) is 0 Å². The van der Waals surface area contributed by atoms with Crippen molar-refractivity contribution in [1.82, 2.24) is 15.3 Å². The summed E-state index contributed by atoms with van der Waals surface area (Å²) in [6, 6.07) is 8.08. The van der Waals surface area contributed by atoms with Crippen LogP contribution < -0.4 is 10.9 Å². The van der Waals surface area contributed by atoms with E-state index in [2.05, 4.69) is 15.3 Å². The Hall–Kier alpha value is -1.30. The molecule has 0 unspecified atom stereocenters. The normalized spacial score (nSPS) is 14.4. The van der Waals surface area contributed by atoms with Gasteiger partial charge in [-0.05, 0) is 37.5 Å². The summed E-state index contributed by atoms with van der Waals surface area (Å²) in [6.45, 7) is 2.60. The highest BCUT2D eigenvalue weighted by Gasteiger charge is 2.20. The summed E-state index contributed by atoms with van der Waals surface area (Å²) in [5.74, 6) is 0. The fourth-order valence-electron chi connectivity index (χ4n) is 1.99. The Morgan fingerprint density at radius 3 is 2.90 bits per heavy atom. The summed E-state index contributed by atoms with van der Waals surface area (Å²) in [5, 5.41) is 4.77. The molecule has 0 saturated heterocycles. The molecule has 1 fully saturated rings. The lowest BCUT2D eigenvalue weighted by atomic mass is 10.2. The predicted molar refractivity (Wildman–Crippen MR) is 85.0 cm³/mol. The van der Waals surface area contributed by atoms with Gasteiger partial charge in [-0.15, -0.1) is 0 Å². The molecule has 1 saturated carbocycles. The Labute approximate surface area is 132 Å². The molecule has 6 heteroatoms. The zero-order chi connectivity index (χ0) is 14.8. The van der Waals surface area contributed by atoms with Gasteiger partial charge in [0.1, 0.15) is 0 Å². The molecule has 4 nitrogen and oxygen atoms in total. The maximum atomic E-state index is 11.4. The van der Waals surface area contributed by atoms with E-state index in [-0.39, 0.29) is 5.56 Å². The summed E-state index contributed by atoms with van der Waals surface area (Å²) in [7, 11) is 0. The Balaban J connectivity index is 1.73. The number of rotatable bonds is 5. The van der Waals surface area contributed by atoms with Crippen molar-refractivity contribution in [1.29, 1.82) is 0 Å². The number of aromatic amines is 1. The van der Waals surface area contributed by atoms with E-state index >= 15 is 0 Å². The van der Waals surface area contributed by atoms with Crippen LogP contribution in [-0.4, -0.2) is 16.0 Å². The molecule has 0 atom stereocenters. The van der Waals surface area contributed by atoms with Crippen LogP contribution in [0.4, 0.5) is 0 Å². The number of aryl methyl sites for hydroxylation is 1. The van der Waals surface area contributed by atoms with E-state index in [1.54, 1.807) is 6.92 Å². The first-order chi connectivity index (χ1) is 10.1. The lowest BCUT2D eigenvalue weighted by Gasteiger charge is -2.08. The summed E-state index contributed by atoms with van der Waals surface area (Å²) >= 11 is 7.72. The number of benzene rings is 1. The number of nitrogens with zero attached hydrogens (tertiary/aromatic N) is 1. The van der Waals surface area contributed by atoms with Crippen LogP contribution in [-0.2, 0) is 6.54 Å². The van der Waals surface area contributed by atoms with E-state index < -0.39 is 0 Å². The van der Waals surface area contributed by atoms with Gasteiger partial charge in [-0.2, -0.15) is 0 Å². The smallest absolute Gasteiger partial charge is 0.251 e. The molecule has 1 aliphatic carbocycles. The van der Waals surface area contributed by atoms with Crippen LogP contribution in [0.3, 0.4) is 0 Å². The van der Waals surface area contributed by atoms with E-state index in [4.69, 9.17) is 11.6 Å². The van der Waals surface area contributed by atoms with Gasteiger partial charge in [0.05, 0.1) is 0 Å². The molecule has 1 aromatic heterocycles. The van der Waals surface area contributed by atoms with Gasteiger partial charge in [0.15, 0.2) is 5.16 Å². The Morgan fingerprint density at radius 2 is 2.24 bits per heavy atom. The van der Waals surface area contributed by atoms with Crippen molar-refractivity contribution in [2.75, 3.05) is 0 Å². The molecule has 1 aromatic carbocycles. The minimum absolute atomic E-state index is 0.138. The molecule has 2 aromatic rings. The number of halogens is 1. The van der Waals surface area contributed by atoms with Gasteiger partial charge >= 0.3 is 0 Å². The van der Waals surface area contributed by atoms with Gasteiger partial charge in [0.25, 0.3) is 5.56 Å². The van der Waals surface area contributed by atoms with Gasteiger partial charge in [-0.25, -0.2) is 4.98 Å². The SMILES string of the molecule is Cc1cc(=O)[nH]c(Sc2ccc(CNC3CC3)c(Cl)c2)n1. The average Bonchev–Trinajstić information content (AvgIpc) is 3.20. The molecule has 0 amide bonds. The third-order valence-electron chi connectivity index (χ3n) is 3.25. The fourth-order valence-corrected chi connectivity index (χ4v) is 3.18. The summed E-state index contributed by atoms with van der Waals surface area (Å²) in [5.41, 5.74) is 1.66. The third-order valence-corrected chi connectivity index (χ3v) is 4.47. The first kappa shape index (κ1) is 14.6. The Bertz CT molecular complexity index is 712. The zero-order valence-electron chi connectivity index (χ0n) is 11.6. The average molecular weight is 322 g/mol. The third kappa shape index (κ3) is 4.09. The molecule has 110 valence electrons. The van der Waals surface area contributed by atoms with Crippen LogP contribution in [0.5, 0.6) is 0 Å². The molecule has 0 bridgehead atoms. The fraction of sp³-hybridized carbons (Fsp3) is 0.333. The minimum atomic E-state index is -0.138. The first-order valence-corrected chi connectivity index (χ1v) is 8.07. The largest absolute Gasteiger partial charge is 0.310 e. The molecule has 3 rings (SSSR count). The van der Waals surface area contributed by atoms with Gasteiger partial charge in [0.2, 0.25) is 0 Å². The lowest BCUT2D eigenvalue weighted by Crippen LogP contribution is -2.15. The van der Waals surface area contributed by atoms with Crippen molar-refractivity contribution in [3.63, 3.8) is 0 Å². The van der Waals surface area contributed by atoms with Crippen molar-refractivity contribution in [3.8, 4) is 0 Å². The molecule has 1 aliphatic rings. The van der Waals surface area contributed by atoms with Crippen molar-refractivity contribution in [3.05, 3.63) is 50.9 Å². The number of nitrogens with one attached hydrogen (secondary N) is 2. The summed E-state index contributed by atoms with van der Waals surface area (Å²) in [6.07, 6.45) is 2.52. The quantitative estimate of drug-likeness (QED) is 0.831. The highest BCUT2D eigenvalue weighted by atomic mass is 35.5. The highest BCUT2D eigenvalue weighted by Crippen LogP contribution is 2.29. The van der Waals surface area contributed by atoms with Gasteiger partial charge in [-0.1, -0.05) is 29.4 Å². The minimum Gasteiger partial charge on any atom is -0.310 e. The van der Waals surface area contributed by atoms with Crippen LogP contribution in [0, 0.1) is 6.92 Å². The second-order valence-electron chi connectivity index (χ2n) is 5.20. The van der Waals surface area contributed by atoms with E-state index in [0.29, 0.717) is 16.9 Å². The molecular weight excluding hydrogens is 306 g/mol. The molecule has 2 N–H and O–H groups in total. The van der Waals surface area contributed by atoms with Crippen molar-refractivity contribution in [2.24, 2.45) is 0 Å². The van der Waals surface area contributed by atoms with Gasteiger partial charge in [0, 0.05) is 34.3 Å². The molecule has 0 spiro atoms. The second kappa shape index (κ2) is 6.22. The van der Waals surface area contributed by atoms with E-state index in [1.165, 1.54) is 30.7 Å².